The van der Waals surface area contributed by atoms with Crippen molar-refractivity contribution in [3.05, 3.63) is 23.3 Å². The molecule has 0 aromatic carbocycles. The highest BCUT2D eigenvalue weighted by molar-refractivity contribution is 5.87. The van der Waals surface area contributed by atoms with Crippen molar-refractivity contribution in [3.8, 4) is 0 Å². The fourth-order valence-electron chi connectivity index (χ4n) is 6.70. The van der Waals surface area contributed by atoms with Gasteiger partial charge in [-0.05, 0) is 75.7 Å². The van der Waals surface area contributed by atoms with Crippen LogP contribution < -0.4 is 0 Å². The van der Waals surface area contributed by atoms with E-state index >= 15 is 0 Å². The summed E-state index contributed by atoms with van der Waals surface area (Å²) < 4.78 is 17.5. The van der Waals surface area contributed by atoms with Crippen LogP contribution in [-0.4, -0.2) is 36.4 Å². The van der Waals surface area contributed by atoms with Gasteiger partial charge in [-0.2, -0.15) is 0 Å². The molecule has 2 aliphatic heterocycles. The summed E-state index contributed by atoms with van der Waals surface area (Å²) in [6.45, 7) is 13.3. The van der Waals surface area contributed by atoms with Crippen molar-refractivity contribution in [2.24, 2.45) is 22.7 Å². The van der Waals surface area contributed by atoms with E-state index in [1.54, 1.807) is 6.08 Å². The maximum absolute atomic E-state index is 12.7. The van der Waals surface area contributed by atoms with Crippen molar-refractivity contribution in [3.63, 3.8) is 0 Å². The molecule has 1 saturated heterocycles. The van der Waals surface area contributed by atoms with Crippen LogP contribution >= 0.6 is 0 Å². The number of allylic oxidation sites excluding steroid dienone is 1. The first-order valence-corrected chi connectivity index (χ1v) is 11.4. The Morgan fingerprint density at radius 3 is 2.67 bits per heavy atom. The Hall–Kier alpha value is -1.62. The van der Waals surface area contributed by atoms with Gasteiger partial charge in [0.25, 0.3) is 0 Å². The molecule has 0 bridgehead atoms. The monoisotopic (exact) mass is 416 g/mol. The van der Waals surface area contributed by atoms with Crippen LogP contribution in [0, 0.1) is 22.7 Å². The van der Waals surface area contributed by atoms with E-state index in [1.165, 1.54) is 0 Å². The molecule has 0 amide bonds. The predicted octanol–water partition coefficient (Wildman–Crippen LogP) is 4.75. The van der Waals surface area contributed by atoms with E-state index in [-0.39, 0.29) is 40.4 Å². The molecule has 0 spiro atoms. The number of esters is 2. The van der Waals surface area contributed by atoms with Crippen LogP contribution in [0.3, 0.4) is 0 Å². The second-order valence-electron chi connectivity index (χ2n) is 10.6. The zero-order valence-corrected chi connectivity index (χ0v) is 19.2. The number of fused-ring (bicyclic) bond motifs is 3. The molecule has 3 fully saturated rings. The molecule has 5 heteroatoms. The van der Waals surface area contributed by atoms with Crippen molar-refractivity contribution in [2.75, 3.05) is 6.61 Å². The lowest BCUT2D eigenvalue weighted by atomic mass is 9.44. The minimum Gasteiger partial charge on any atom is -0.459 e. The van der Waals surface area contributed by atoms with Gasteiger partial charge in [-0.1, -0.05) is 26.8 Å². The van der Waals surface area contributed by atoms with Crippen molar-refractivity contribution >= 4 is 11.9 Å². The summed E-state index contributed by atoms with van der Waals surface area (Å²) in [6, 6.07) is 0. The first kappa shape index (κ1) is 21.6. The molecule has 4 rings (SSSR count). The van der Waals surface area contributed by atoms with Crippen molar-refractivity contribution in [1.29, 1.82) is 0 Å². The third-order valence-electron chi connectivity index (χ3n) is 9.30. The summed E-state index contributed by atoms with van der Waals surface area (Å²) in [6.07, 6.45) is 8.52. The molecule has 2 saturated carbocycles. The fraction of sp³-hybridized carbons (Fsp3) is 0.760. The largest absolute Gasteiger partial charge is 0.459 e. The smallest absolute Gasteiger partial charge is 0.333 e. The maximum atomic E-state index is 12.7. The molecule has 166 valence electrons. The number of carbonyl (C=O) groups is 2. The Morgan fingerprint density at radius 1 is 1.30 bits per heavy atom. The Morgan fingerprint density at radius 2 is 2.03 bits per heavy atom. The van der Waals surface area contributed by atoms with Crippen molar-refractivity contribution in [2.45, 2.75) is 91.5 Å². The Labute approximate surface area is 180 Å². The average Bonchev–Trinajstić information content (AvgIpc) is 3.23. The van der Waals surface area contributed by atoms with Crippen LogP contribution in [0.25, 0.3) is 0 Å². The maximum Gasteiger partial charge on any atom is 0.333 e. The molecule has 0 radical (unpaired) electrons. The van der Waals surface area contributed by atoms with Crippen LogP contribution in [-0.2, 0) is 23.8 Å². The Balaban J connectivity index is 1.64. The SMILES string of the molecule is C/C=C(/C)C(=O)O[C@H]1C[C@]2(C)[C@H](CC[C@@H]3O[C@@]32C)[C@@](C)(CCC2=CC(=O)OC2)[C@@H]1C. The summed E-state index contributed by atoms with van der Waals surface area (Å²) in [7, 11) is 0. The van der Waals surface area contributed by atoms with E-state index in [0.717, 1.165) is 37.7 Å². The highest BCUT2D eigenvalue weighted by Crippen LogP contribution is 2.70. The number of carbonyl (C=O) groups excluding carboxylic acids is 2. The fourth-order valence-corrected chi connectivity index (χ4v) is 6.70. The van der Waals surface area contributed by atoms with Gasteiger partial charge in [-0.3, -0.25) is 0 Å². The normalized spacial score (nSPS) is 45.2. The summed E-state index contributed by atoms with van der Waals surface area (Å²) in [5, 5.41) is 0. The van der Waals surface area contributed by atoms with Crippen LogP contribution in [0.15, 0.2) is 23.3 Å². The van der Waals surface area contributed by atoms with Gasteiger partial charge in [0.15, 0.2) is 0 Å². The number of ether oxygens (including phenoxy) is 3. The van der Waals surface area contributed by atoms with Gasteiger partial charge >= 0.3 is 11.9 Å². The second kappa shape index (κ2) is 7.22. The molecule has 0 aromatic rings. The summed E-state index contributed by atoms with van der Waals surface area (Å²) in [4.78, 5) is 24.2. The third-order valence-corrected chi connectivity index (χ3v) is 9.30. The van der Waals surface area contributed by atoms with E-state index in [9.17, 15) is 9.59 Å². The van der Waals surface area contributed by atoms with Crippen LogP contribution in [0.5, 0.6) is 0 Å². The first-order chi connectivity index (χ1) is 14.0. The average molecular weight is 417 g/mol. The summed E-state index contributed by atoms with van der Waals surface area (Å²) in [5.74, 6) is 0.261. The molecular formula is C25H36O5. The molecule has 5 nitrogen and oxygen atoms in total. The summed E-state index contributed by atoms with van der Waals surface area (Å²) >= 11 is 0. The molecule has 30 heavy (non-hydrogen) atoms. The Kier molecular flexibility index (Phi) is 5.20. The van der Waals surface area contributed by atoms with Gasteiger partial charge in [-0.25, -0.2) is 9.59 Å². The van der Waals surface area contributed by atoms with Crippen LogP contribution in [0.1, 0.15) is 73.6 Å². The number of rotatable bonds is 5. The lowest BCUT2D eigenvalue weighted by Crippen LogP contribution is -2.61. The van der Waals surface area contributed by atoms with E-state index < -0.39 is 0 Å². The number of hydrogen-bond acceptors (Lipinski definition) is 5. The molecule has 7 atom stereocenters. The van der Waals surface area contributed by atoms with E-state index in [0.29, 0.717) is 24.2 Å². The first-order valence-electron chi connectivity index (χ1n) is 11.4. The molecule has 0 unspecified atom stereocenters. The number of epoxide rings is 1. The molecule has 0 N–H and O–H groups in total. The number of cyclic esters (lactones) is 1. The van der Waals surface area contributed by atoms with Crippen molar-refractivity contribution < 1.29 is 23.8 Å². The van der Waals surface area contributed by atoms with Crippen LogP contribution in [0.4, 0.5) is 0 Å². The van der Waals surface area contributed by atoms with Gasteiger partial charge in [-0.15, -0.1) is 0 Å². The minimum absolute atomic E-state index is 0.0197. The third kappa shape index (κ3) is 3.16. The van der Waals surface area contributed by atoms with Crippen LogP contribution in [0.2, 0.25) is 0 Å². The number of hydrogen-bond donors (Lipinski definition) is 0. The quantitative estimate of drug-likeness (QED) is 0.368. The van der Waals surface area contributed by atoms with Gasteiger partial charge in [0, 0.05) is 17.1 Å². The molecule has 2 aliphatic carbocycles. The second-order valence-corrected chi connectivity index (χ2v) is 10.6. The zero-order chi connectivity index (χ0) is 21.9. The topological polar surface area (TPSA) is 65.1 Å². The van der Waals surface area contributed by atoms with Gasteiger partial charge in [0.05, 0.1) is 11.7 Å². The predicted molar refractivity (Wildman–Crippen MR) is 114 cm³/mol. The molecule has 4 aliphatic rings. The lowest BCUT2D eigenvalue weighted by molar-refractivity contribution is -0.182. The van der Waals surface area contributed by atoms with E-state index in [2.05, 4.69) is 27.7 Å². The summed E-state index contributed by atoms with van der Waals surface area (Å²) in [5.41, 5.74) is 1.53. The zero-order valence-electron chi connectivity index (χ0n) is 19.2. The highest BCUT2D eigenvalue weighted by Gasteiger charge is 2.73. The minimum atomic E-state index is -0.232. The van der Waals surface area contributed by atoms with Gasteiger partial charge in [0.2, 0.25) is 0 Å². The molecule has 2 heterocycles. The van der Waals surface area contributed by atoms with E-state index in [1.807, 2.05) is 19.9 Å². The molecular weight excluding hydrogens is 380 g/mol. The lowest BCUT2D eigenvalue weighted by Gasteiger charge is -2.61. The standard InChI is InChI=1S/C25H36O5/c1-7-15(2)22(27)29-18-13-24(5)19(8-9-20-25(24,6)30-20)23(4,16(18)3)11-10-17-12-21(26)28-14-17/h7,12,16,18-20H,8-11,13-14H2,1-6H3/b15-7-/t16-,18+,19-,20+,23+,24-,25+/m1/s1. The van der Waals surface area contributed by atoms with E-state index in [4.69, 9.17) is 14.2 Å². The van der Waals surface area contributed by atoms with Gasteiger partial charge in [0.1, 0.15) is 12.7 Å². The highest BCUT2D eigenvalue weighted by atomic mass is 16.6. The molecule has 0 aromatic heterocycles. The van der Waals surface area contributed by atoms with Crippen molar-refractivity contribution in [1.82, 2.24) is 0 Å². The van der Waals surface area contributed by atoms with Gasteiger partial charge < -0.3 is 14.2 Å². The Bertz CT molecular complexity index is 812.